The van der Waals surface area contributed by atoms with E-state index in [1.54, 1.807) is 37.4 Å². The zero-order valence-electron chi connectivity index (χ0n) is 14.3. The molecule has 0 spiro atoms. The second-order valence-corrected chi connectivity index (χ2v) is 7.22. The van der Waals surface area contributed by atoms with Crippen molar-refractivity contribution >= 4 is 15.9 Å². The molecule has 25 heavy (non-hydrogen) atoms. The summed E-state index contributed by atoms with van der Waals surface area (Å²) in [6.45, 7) is 3.48. The third-order valence-electron chi connectivity index (χ3n) is 3.50. The predicted octanol–water partition coefficient (Wildman–Crippen LogP) is 1.38. The van der Waals surface area contributed by atoms with Gasteiger partial charge in [-0.3, -0.25) is 9.78 Å². The molecule has 7 nitrogen and oxygen atoms in total. The summed E-state index contributed by atoms with van der Waals surface area (Å²) in [5.41, 5.74) is 1.46. The third-order valence-corrected chi connectivity index (χ3v) is 5.07. The van der Waals surface area contributed by atoms with Crippen LogP contribution in [0.4, 0.5) is 0 Å². The zero-order valence-corrected chi connectivity index (χ0v) is 15.1. The van der Waals surface area contributed by atoms with Crippen molar-refractivity contribution in [1.29, 1.82) is 0 Å². The van der Waals surface area contributed by atoms with Gasteiger partial charge in [-0.05, 0) is 43.7 Å². The van der Waals surface area contributed by atoms with Crippen LogP contribution in [0.5, 0.6) is 5.75 Å². The number of hydrogen-bond donors (Lipinski definition) is 2. The number of amides is 1. The molecule has 1 aromatic heterocycles. The van der Waals surface area contributed by atoms with Crippen LogP contribution in [-0.2, 0) is 21.4 Å². The molecule has 2 N–H and O–H groups in total. The first-order valence-electron chi connectivity index (χ1n) is 7.68. The quantitative estimate of drug-likeness (QED) is 0.775. The van der Waals surface area contributed by atoms with Crippen molar-refractivity contribution in [2.45, 2.75) is 31.3 Å². The van der Waals surface area contributed by atoms with Gasteiger partial charge in [0.2, 0.25) is 15.9 Å². The summed E-state index contributed by atoms with van der Waals surface area (Å²) < 4.78 is 32.6. The molecule has 2 rings (SSSR count). The minimum Gasteiger partial charge on any atom is -0.495 e. The van der Waals surface area contributed by atoms with E-state index in [1.807, 2.05) is 6.07 Å². The van der Waals surface area contributed by atoms with Crippen molar-refractivity contribution < 1.29 is 17.9 Å². The van der Waals surface area contributed by atoms with Crippen molar-refractivity contribution in [1.82, 2.24) is 15.0 Å². The van der Waals surface area contributed by atoms with E-state index in [0.717, 1.165) is 5.56 Å². The van der Waals surface area contributed by atoms with Gasteiger partial charge in [0.25, 0.3) is 0 Å². The number of ether oxygens (including phenoxy) is 1. The van der Waals surface area contributed by atoms with Gasteiger partial charge in [-0.2, -0.15) is 4.72 Å². The molecule has 0 aliphatic rings. The number of hydrogen-bond acceptors (Lipinski definition) is 5. The minimum atomic E-state index is -3.90. The average molecular weight is 363 g/mol. The molecule has 0 saturated carbocycles. The van der Waals surface area contributed by atoms with Gasteiger partial charge in [-0.25, -0.2) is 8.42 Å². The molecule has 1 atom stereocenters. The van der Waals surface area contributed by atoms with Crippen LogP contribution in [0.2, 0.25) is 0 Å². The highest BCUT2D eigenvalue weighted by Crippen LogP contribution is 2.24. The second kappa shape index (κ2) is 8.09. The van der Waals surface area contributed by atoms with Gasteiger partial charge in [-0.15, -0.1) is 0 Å². The number of rotatable bonds is 7. The summed E-state index contributed by atoms with van der Waals surface area (Å²) in [5.74, 6) is -0.222. The van der Waals surface area contributed by atoms with Gasteiger partial charge < -0.3 is 10.1 Å². The number of carbonyl (C=O) groups excluding carboxylic acids is 1. The molecule has 0 fully saturated rings. The van der Waals surface area contributed by atoms with E-state index in [4.69, 9.17) is 4.74 Å². The van der Waals surface area contributed by atoms with Gasteiger partial charge in [0.15, 0.2) is 0 Å². The van der Waals surface area contributed by atoms with Crippen LogP contribution in [-0.4, -0.2) is 32.5 Å². The summed E-state index contributed by atoms with van der Waals surface area (Å²) >= 11 is 0. The number of sulfonamides is 1. The van der Waals surface area contributed by atoms with E-state index in [2.05, 4.69) is 15.0 Å². The molecule has 0 radical (unpaired) electrons. The fourth-order valence-electron chi connectivity index (χ4n) is 2.18. The third kappa shape index (κ3) is 5.01. The first kappa shape index (κ1) is 18.9. The van der Waals surface area contributed by atoms with Gasteiger partial charge >= 0.3 is 0 Å². The fourth-order valence-corrected chi connectivity index (χ4v) is 3.63. The fraction of sp³-hybridized carbons (Fsp3) is 0.294. The lowest BCUT2D eigenvalue weighted by Gasteiger charge is -2.16. The first-order valence-corrected chi connectivity index (χ1v) is 9.16. The van der Waals surface area contributed by atoms with Gasteiger partial charge in [0.05, 0.1) is 25.4 Å². The van der Waals surface area contributed by atoms with Crippen LogP contribution in [0.15, 0.2) is 47.5 Å². The Bertz CT molecular complexity index is 838. The van der Waals surface area contributed by atoms with Crippen molar-refractivity contribution in [3.8, 4) is 5.75 Å². The molecular formula is C17H21N3O4S. The molecule has 1 heterocycles. The molecule has 0 aliphatic carbocycles. The molecule has 0 saturated heterocycles. The standard InChI is InChI=1S/C17H21N3O4S/c1-12-7-8-15(24-3)16(10-12)25(22,23)20-13(2)17(21)19-11-14-6-4-5-9-18-14/h4-10,13,20H,11H2,1-3H3,(H,19,21)/t13-/m0/s1. The predicted molar refractivity (Wildman–Crippen MR) is 93.6 cm³/mol. The highest BCUT2D eigenvalue weighted by atomic mass is 32.2. The number of aromatic nitrogens is 1. The van der Waals surface area contributed by atoms with Crippen LogP contribution in [0, 0.1) is 6.92 Å². The highest BCUT2D eigenvalue weighted by Gasteiger charge is 2.25. The summed E-state index contributed by atoms with van der Waals surface area (Å²) in [6.07, 6.45) is 1.62. The Morgan fingerprint density at radius 2 is 2.04 bits per heavy atom. The Hall–Kier alpha value is -2.45. The van der Waals surface area contributed by atoms with E-state index < -0.39 is 22.0 Å². The van der Waals surface area contributed by atoms with Crippen LogP contribution in [0.3, 0.4) is 0 Å². The summed E-state index contributed by atoms with van der Waals surface area (Å²) in [6, 6.07) is 9.24. The number of pyridine rings is 1. The monoisotopic (exact) mass is 363 g/mol. The lowest BCUT2D eigenvalue weighted by molar-refractivity contribution is -0.122. The SMILES string of the molecule is COc1ccc(C)cc1S(=O)(=O)N[C@@H](C)C(=O)NCc1ccccn1. The van der Waals surface area contributed by atoms with Crippen LogP contribution < -0.4 is 14.8 Å². The molecule has 0 bridgehead atoms. The number of nitrogens with zero attached hydrogens (tertiary/aromatic N) is 1. The van der Waals surface area contributed by atoms with E-state index in [0.29, 0.717) is 5.69 Å². The van der Waals surface area contributed by atoms with E-state index in [-0.39, 0.29) is 17.2 Å². The number of nitrogens with one attached hydrogen (secondary N) is 2. The largest absolute Gasteiger partial charge is 0.495 e. The maximum Gasteiger partial charge on any atom is 0.244 e. The van der Waals surface area contributed by atoms with Crippen molar-refractivity contribution in [2.75, 3.05) is 7.11 Å². The van der Waals surface area contributed by atoms with Gasteiger partial charge in [-0.1, -0.05) is 12.1 Å². The van der Waals surface area contributed by atoms with E-state index in [9.17, 15) is 13.2 Å². The minimum absolute atomic E-state index is 0.000578. The summed E-state index contributed by atoms with van der Waals surface area (Å²) in [5, 5.41) is 2.65. The highest BCUT2D eigenvalue weighted by molar-refractivity contribution is 7.89. The Labute approximate surface area is 147 Å². The Balaban J connectivity index is 2.06. The summed E-state index contributed by atoms with van der Waals surface area (Å²) in [4.78, 5) is 16.2. The molecule has 8 heteroatoms. The lowest BCUT2D eigenvalue weighted by atomic mass is 10.2. The van der Waals surface area contributed by atoms with E-state index >= 15 is 0 Å². The number of carbonyl (C=O) groups is 1. The van der Waals surface area contributed by atoms with Gasteiger partial charge in [0, 0.05) is 6.20 Å². The van der Waals surface area contributed by atoms with Crippen molar-refractivity contribution in [3.05, 3.63) is 53.9 Å². The normalized spacial score (nSPS) is 12.4. The molecule has 1 aromatic carbocycles. The molecular weight excluding hydrogens is 342 g/mol. The zero-order chi connectivity index (χ0) is 18.4. The maximum absolute atomic E-state index is 12.6. The molecule has 0 unspecified atom stereocenters. The Kier molecular flexibility index (Phi) is 6.11. The van der Waals surface area contributed by atoms with E-state index in [1.165, 1.54) is 20.1 Å². The van der Waals surface area contributed by atoms with Crippen LogP contribution >= 0.6 is 0 Å². The molecule has 134 valence electrons. The topological polar surface area (TPSA) is 97.4 Å². The molecule has 2 aromatic rings. The second-order valence-electron chi connectivity index (χ2n) is 5.54. The number of methoxy groups -OCH3 is 1. The average Bonchev–Trinajstić information content (AvgIpc) is 2.60. The Morgan fingerprint density at radius 3 is 2.68 bits per heavy atom. The van der Waals surface area contributed by atoms with Crippen LogP contribution in [0.1, 0.15) is 18.2 Å². The molecule has 0 aliphatic heterocycles. The lowest BCUT2D eigenvalue weighted by Crippen LogP contribution is -2.44. The van der Waals surface area contributed by atoms with Gasteiger partial charge in [0.1, 0.15) is 10.6 Å². The van der Waals surface area contributed by atoms with Crippen molar-refractivity contribution in [2.24, 2.45) is 0 Å². The number of benzene rings is 1. The first-order chi connectivity index (χ1) is 11.8. The molecule has 1 amide bonds. The number of aryl methyl sites for hydroxylation is 1. The smallest absolute Gasteiger partial charge is 0.244 e. The van der Waals surface area contributed by atoms with Crippen molar-refractivity contribution in [3.63, 3.8) is 0 Å². The summed E-state index contributed by atoms with van der Waals surface area (Å²) in [7, 11) is -2.51. The Morgan fingerprint density at radius 1 is 1.28 bits per heavy atom. The van der Waals surface area contributed by atoms with Crippen LogP contribution in [0.25, 0.3) is 0 Å². The maximum atomic E-state index is 12.6.